The highest BCUT2D eigenvalue weighted by Crippen LogP contribution is 2.38. The summed E-state index contributed by atoms with van der Waals surface area (Å²) in [7, 11) is 0. The summed E-state index contributed by atoms with van der Waals surface area (Å²) in [6.07, 6.45) is -1.66. The fraction of sp³-hybridized carbons (Fsp3) is 0.600. The molecule has 0 radical (unpaired) electrons. The number of hydrogen-bond donors (Lipinski definition) is 2. The molecule has 2 aromatic carbocycles. The van der Waals surface area contributed by atoms with Crippen molar-refractivity contribution in [2.75, 3.05) is 26.8 Å². The average Bonchev–Trinajstić information content (AvgIpc) is 2.80. The molecule has 0 aliphatic carbocycles. The van der Waals surface area contributed by atoms with E-state index < -0.39 is 12.2 Å². The maximum atomic E-state index is 11.2. The molecule has 0 saturated heterocycles. The van der Waals surface area contributed by atoms with Gasteiger partial charge in [0.05, 0.1) is 21.2 Å². The second-order valence-corrected chi connectivity index (χ2v) is 13.2. The summed E-state index contributed by atoms with van der Waals surface area (Å²) in [6, 6.07) is 8.14. The second kappa shape index (κ2) is 14.5. The van der Waals surface area contributed by atoms with Crippen LogP contribution in [0, 0.1) is 0 Å². The molecule has 8 heteroatoms. The summed E-state index contributed by atoms with van der Waals surface area (Å²) < 4.78 is 24.2. The number of hydrogen-bond acceptors (Lipinski definition) is 6. The van der Waals surface area contributed by atoms with Crippen molar-refractivity contribution >= 4 is 31.9 Å². The van der Waals surface area contributed by atoms with Crippen molar-refractivity contribution < 1.29 is 29.2 Å². The van der Waals surface area contributed by atoms with Crippen molar-refractivity contribution in [3.8, 4) is 11.5 Å². The van der Waals surface area contributed by atoms with Gasteiger partial charge in [-0.3, -0.25) is 0 Å². The summed E-state index contributed by atoms with van der Waals surface area (Å²) in [5.74, 6) is 1.21. The molecule has 0 aliphatic heterocycles. The summed E-state index contributed by atoms with van der Waals surface area (Å²) in [4.78, 5) is 0. The van der Waals surface area contributed by atoms with Gasteiger partial charge in [-0.1, -0.05) is 53.7 Å². The van der Waals surface area contributed by atoms with E-state index in [9.17, 15) is 10.2 Å². The van der Waals surface area contributed by atoms with E-state index in [-0.39, 0.29) is 37.3 Å². The zero-order valence-corrected chi connectivity index (χ0v) is 27.2. The quantitative estimate of drug-likeness (QED) is 0.177. The van der Waals surface area contributed by atoms with Crippen LogP contribution in [-0.4, -0.2) is 49.2 Å². The van der Waals surface area contributed by atoms with Crippen molar-refractivity contribution in [2.24, 2.45) is 0 Å². The van der Waals surface area contributed by atoms with E-state index >= 15 is 0 Å². The zero-order valence-electron chi connectivity index (χ0n) is 24.0. The Morgan fingerprint density at radius 1 is 0.658 bits per heavy atom. The first kappa shape index (κ1) is 33.0. The molecule has 0 spiro atoms. The van der Waals surface area contributed by atoms with Gasteiger partial charge in [-0.15, -0.1) is 0 Å². The maximum Gasteiger partial charge on any atom is 0.189 e. The maximum absolute atomic E-state index is 11.2. The summed E-state index contributed by atoms with van der Waals surface area (Å²) in [6.45, 7) is 17.9. The molecule has 2 rings (SSSR count). The van der Waals surface area contributed by atoms with Gasteiger partial charge in [0.2, 0.25) is 0 Å². The lowest BCUT2D eigenvalue weighted by atomic mass is 9.84. The Morgan fingerprint density at radius 2 is 1.00 bits per heavy atom. The first-order valence-corrected chi connectivity index (χ1v) is 14.7. The molecule has 0 fully saturated rings. The van der Waals surface area contributed by atoms with Crippen LogP contribution in [-0.2, 0) is 33.1 Å². The molecular weight excluding hydrogens is 616 g/mol. The van der Waals surface area contributed by atoms with Gasteiger partial charge in [-0.2, -0.15) is 0 Å². The van der Waals surface area contributed by atoms with Crippen LogP contribution in [0.3, 0.4) is 0 Å². The first-order chi connectivity index (χ1) is 17.7. The van der Waals surface area contributed by atoms with Crippen LogP contribution in [0.1, 0.15) is 77.6 Å². The molecule has 214 valence electrons. The van der Waals surface area contributed by atoms with Gasteiger partial charge in [0.25, 0.3) is 0 Å². The lowest BCUT2D eigenvalue weighted by molar-refractivity contribution is 0.0108. The largest absolute Gasteiger partial charge is 0.466 e. The van der Waals surface area contributed by atoms with Crippen LogP contribution < -0.4 is 9.47 Å². The van der Waals surface area contributed by atoms with Crippen molar-refractivity contribution in [3.05, 3.63) is 55.5 Å². The van der Waals surface area contributed by atoms with Gasteiger partial charge in [0.1, 0.15) is 11.5 Å². The number of ether oxygens (including phenoxy) is 4. The van der Waals surface area contributed by atoms with E-state index in [4.69, 9.17) is 18.9 Å². The lowest BCUT2D eigenvalue weighted by Crippen LogP contribution is -2.31. The van der Waals surface area contributed by atoms with Crippen LogP contribution >= 0.6 is 31.9 Å². The molecule has 2 atom stereocenters. The average molecular weight is 660 g/mol. The molecule has 2 N–H and O–H groups in total. The van der Waals surface area contributed by atoms with Gasteiger partial charge in [-0.05, 0) is 90.9 Å². The fourth-order valence-corrected chi connectivity index (χ4v) is 5.12. The Balaban J connectivity index is 2.38. The predicted octanol–water partition coefficient (Wildman–Crippen LogP) is 7.06. The highest BCUT2D eigenvalue weighted by atomic mass is 79.9. The number of halogens is 2. The lowest BCUT2D eigenvalue weighted by Gasteiger charge is -2.26. The highest BCUT2D eigenvalue weighted by molar-refractivity contribution is 9.10. The van der Waals surface area contributed by atoms with Crippen LogP contribution in [0.15, 0.2) is 33.2 Å². The van der Waals surface area contributed by atoms with E-state index in [1.165, 1.54) is 0 Å². The Bertz CT molecular complexity index is 959. The molecule has 0 amide bonds. The number of benzene rings is 2. The molecule has 2 aromatic rings. The first-order valence-electron chi connectivity index (χ1n) is 13.1. The molecule has 6 nitrogen and oxygen atoms in total. The van der Waals surface area contributed by atoms with Crippen molar-refractivity contribution in [2.45, 2.75) is 91.3 Å². The molecule has 0 saturated carbocycles. The number of aliphatic hydroxyl groups is 2. The topological polar surface area (TPSA) is 77.4 Å². The van der Waals surface area contributed by atoms with Gasteiger partial charge >= 0.3 is 0 Å². The fourth-order valence-electron chi connectivity index (χ4n) is 3.88. The summed E-state index contributed by atoms with van der Waals surface area (Å²) in [5, 5.41) is 22.4. The van der Waals surface area contributed by atoms with Crippen LogP contribution in [0.2, 0.25) is 0 Å². The minimum atomic E-state index is -1.04. The molecule has 38 heavy (non-hydrogen) atoms. The molecule has 0 heterocycles. The van der Waals surface area contributed by atoms with E-state index in [1.54, 1.807) is 0 Å². The van der Waals surface area contributed by atoms with Crippen LogP contribution in [0.4, 0.5) is 0 Å². The Hall–Kier alpha value is -1.16. The van der Waals surface area contributed by atoms with Crippen LogP contribution in [0.25, 0.3) is 0 Å². The molecule has 0 bridgehead atoms. The Kier molecular flexibility index (Phi) is 12.6. The third-order valence-electron chi connectivity index (χ3n) is 6.26. The minimum Gasteiger partial charge on any atom is -0.466 e. The zero-order chi connectivity index (χ0) is 28.7. The van der Waals surface area contributed by atoms with Crippen molar-refractivity contribution in [1.29, 1.82) is 0 Å². The van der Waals surface area contributed by atoms with Crippen LogP contribution in [0.5, 0.6) is 11.5 Å². The number of aliphatic hydroxyl groups excluding tert-OH is 2. The minimum absolute atomic E-state index is 0.101. The number of rotatable bonds is 13. The van der Waals surface area contributed by atoms with Gasteiger partial charge in [0, 0.05) is 26.1 Å². The third kappa shape index (κ3) is 9.49. The SMILES string of the molecule is CCOCOc1c(Br)cc(C(C)(C)C)cc1C[C@@H](O)[C@H](O)Cc1cc(C(C)(C)C)cc(Br)c1OCOCC. The predicted molar refractivity (Wildman–Crippen MR) is 159 cm³/mol. The van der Waals surface area contributed by atoms with Gasteiger partial charge in [-0.25, -0.2) is 0 Å². The Morgan fingerprint density at radius 3 is 1.29 bits per heavy atom. The van der Waals surface area contributed by atoms with E-state index in [0.29, 0.717) is 24.7 Å². The third-order valence-corrected chi connectivity index (χ3v) is 7.43. The molecule has 0 aromatic heterocycles. The summed E-state index contributed by atoms with van der Waals surface area (Å²) in [5.41, 5.74) is 3.58. The van der Waals surface area contributed by atoms with E-state index in [0.717, 1.165) is 31.2 Å². The molecule has 0 aliphatic rings. The molecule has 0 unspecified atom stereocenters. The standard InChI is InChI=1S/C30H44Br2O6/c1-9-35-17-37-27-19(11-21(15-23(27)31)29(3,4)5)13-25(33)26(34)14-20-12-22(30(6,7)8)16-24(32)28(20)38-18-36-10-2/h11-12,15-16,25-26,33-34H,9-10,13-14,17-18H2,1-8H3/t25-,26-/m1/s1. The van der Waals surface area contributed by atoms with E-state index in [2.05, 4.69) is 73.4 Å². The second-order valence-electron chi connectivity index (χ2n) is 11.4. The van der Waals surface area contributed by atoms with E-state index in [1.807, 2.05) is 38.1 Å². The van der Waals surface area contributed by atoms with Crippen molar-refractivity contribution in [3.63, 3.8) is 0 Å². The monoisotopic (exact) mass is 658 g/mol. The molecular formula is C30H44Br2O6. The van der Waals surface area contributed by atoms with Gasteiger partial charge in [0.15, 0.2) is 13.6 Å². The smallest absolute Gasteiger partial charge is 0.189 e. The van der Waals surface area contributed by atoms with Crippen molar-refractivity contribution in [1.82, 2.24) is 0 Å². The summed E-state index contributed by atoms with van der Waals surface area (Å²) >= 11 is 7.28. The van der Waals surface area contributed by atoms with Gasteiger partial charge < -0.3 is 29.2 Å². The highest BCUT2D eigenvalue weighted by Gasteiger charge is 2.26. The normalized spacial score (nSPS) is 13.9. The Labute approximate surface area is 245 Å².